The van der Waals surface area contributed by atoms with E-state index in [1.165, 1.54) is 0 Å². The van der Waals surface area contributed by atoms with Gasteiger partial charge in [0.25, 0.3) is 0 Å². The third-order valence-corrected chi connectivity index (χ3v) is 4.49. The summed E-state index contributed by atoms with van der Waals surface area (Å²) in [6, 6.07) is 17.5. The monoisotopic (exact) mass is 399 g/mol. The van der Waals surface area contributed by atoms with E-state index in [-0.39, 0.29) is 6.10 Å². The Balaban J connectivity index is 1.57. The first kappa shape index (κ1) is 19.6. The van der Waals surface area contributed by atoms with Crippen LogP contribution in [-0.2, 0) is 6.61 Å². The second-order valence-corrected chi connectivity index (χ2v) is 7.02. The Kier molecular flexibility index (Phi) is 5.75. The van der Waals surface area contributed by atoms with Gasteiger partial charge in [-0.3, -0.25) is 4.98 Å². The zero-order chi connectivity index (χ0) is 20.9. The number of pyridine rings is 1. The van der Waals surface area contributed by atoms with E-state index < -0.39 is 0 Å². The molecule has 0 amide bonds. The molecule has 2 aromatic carbocycles. The molecule has 0 saturated heterocycles. The Hall–Kier alpha value is -3.67. The number of aromatic nitrogens is 3. The predicted octanol–water partition coefficient (Wildman–Crippen LogP) is 5.26. The number of hydrogen-bond acceptors (Lipinski definition) is 6. The van der Waals surface area contributed by atoms with Crippen LogP contribution in [0.1, 0.15) is 18.2 Å². The molecule has 4 rings (SSSR count). The van der Waals surface area contributed by atoms with E-state index in [2.05, 4.69) is 27.2 Å². The van der Waals surface area contributed by atoms with E-state index in [0.717, 1.165) is 33.6 Å². The maximum absolute atomic E-state index is 5.92. The Bertz CT molecular complexity index is 1140. The number of nitrogens with one attached hydrogen (secondary N) is 1. The van der Waals surface area contributed by atoms with Crippen LogP contribution in [0.5, 0.6) is 11.5 Å². The molecule has 4 aromatic rings. The average Bonchev–Trinajstić information content (AvgIpc) is 2.74. The molecule has 1 radical (unpaired) electrons. The molecule has 1 N–H and O–H groups in total. The fourth-order valence-electron chi connectivity index (χ4n) is 3.15. The number of ether oxygens (including phenoxy) is 2. The van der Waals surface area contributed by atoms with Crippen LogP contribution in [0.4, 0.5) is 11.5 Å². The Labute approximate surface area is 175 Å². The SMILES string of the molecule is [CH2][C@H](C)Oc1cccc2ncnc(Nc3ccc(OCc4ccccn4)c(C)c3)c12. The number of benzene rings is 2. The molecule has 0 bridgehead atoms. The fraction of sp³-hybridized carbons (Fsp3) is 0.167. The van der Waals surface area contributed by atoms with E-state index in [1.807, 2.05) is 68.4 Å². The quantitative estimate of drug-likeness (QED) is 0.457. The largest absolute Gasteiger partial charge is 0.490 e. The Morgan fingerprint density at radius 1 is 1.00 bits per heavy atom. The van der Waals surface area contributed by atoms with Crippen molar-refractivity contribution in [1.29, 1.82) is 0 Å². The molecule has 0 aliphatic heterocycles. The van der Waals surface area contributed by atoms with E-state index in [1.54, 1.807) is 12.5 Å². The standard InChI is InChI=1S/C24H23N4O2/c1-16(2)30-22-9-6-8-20-23(22)24(27-15-26-20)28-18-10-11-21(17(3)13-18)29-14-19-7-4-5-12-25-19/h4-13,15-16H,1,14H2,2-3H3,(H,26,27,28)/t16-/m1/s1. The molecule has 0 unspecified atom stereocenters. The van der Waals surface area contributed by atoms with E-state index in [9.17, 15) is 0 Å². The second-order valence-electron chi connectivity index (χ2n) is 7.02. The fourth-order valence-corrected chi connectivity index (χ4v) is 3.15. The van der Waals surface area contributed by atoms with Crippen LogP contribution in [-0.4, -0.2) is 21.1 Å². The first-order chi connectivity index (χ1) is 14.6. The van der Waals surface area contributed by atoms with Crippen molar-refractivity contribution < 1.29 is 9.47 Å². The summed E-state index contributed by atoms with van der Waals surface area (Å²) < 4.78 is 11.8. The van der Waals surface area contributed by atoms with Crippen molar-refractivity contribution >= 4 is 22.4 Å². The van der Waals surface area contributed by atoms with Crippen LogP contribution in [0, 0.1) is 13.8 Å². The van der Waals surface area contributed by atoms with Gasteiger partial charge >= 0.3 is 0 Å². The van der Waals surface area contributed by atoms with Gasteiger partial charge in [-0.2, -0.15) is 0 Å². The average molecular weight is 399 g/mol. The van der Waals surface area contributed by atoms with Gasteiger partial charge in [-0.05, 0) is 68.8 Å². The first-order valence-electron chi connectivity index (χ1n) is 9.74. The lowest BCUT2D eigenvalue weighted by atomic mass is 10.1. The molecule has 151 valence electrons. The van der Waals surface area contributed by atoms with Gasteiger partial charge in [-0.25, -0.2) is 9.97 Å². The normalized spacial score (nSPS) is 10.9. The zero-order valence-electron chi connectivity index (χ0n) is 17.0. The van der Waals surface area contributed by atoms with E-state index in [4.69, 9.17) is 9.47 Å². The van der Waals surface area contributed by atoms with Gasteiger partial charge in [0.1, 0.15) is 30.3 Å². The topological polar surface area (TPSA) is 69.2 Å². The summed E-state index contributed by atoms with van der Waals surface area (Å²) in [6.07, 6.45) is 3.11. The number of rotatable bonds is 7. The van der Waals surface area contributed by atoms with Crippen LogP contribution in [0.25, 0.3) is 10.9 Å². The molecule has 2 heterocycles. The molecule has 2 aromatic heterocycles. The highest BCUT2D eigenvalue weighted by atomic mass is 16.5. The van der Waals surface area contributed by atoms with Gasteiger partial charge in [-0.1, -0.05) is 12.1 Å². The lowest BCUT2D eigenvalue weighted by molar-refractivity contribution is 0.271. The first-order valence-corrected chi connectivity index (χ1v) is 9.74. The van der Waals surface area contributed by atoms with Crippen molar-refractivity contribution in [2.45, 2.75) is 26.6 Å². The molecule has 0 spiro atoms. The van der Waals surface area contributed by atoms with Crippen molar-refractivity contribution in [3.05, 3.63) is 85.3 Å². The number of nitrogens with zero attached hydrogens (tertiary/aromatic N) is 3. The van der Waals surface area contributed by atoms with Crippen molar-refractivity contribution in [3.8, 4) is 11.5 Å². The number of anilines is 2. The molecule has 30 heavy (non-hydrogen) atoms. The molecule has 0 fully saturated rings. The summed E-state index contributed by atoms with van der Waals surface area (Å²) in [4.78, 5) is 13.1. The molecule has 1 atom stereocenters. The van der Waals surface area contributed by atoms with E-state index >= 15 is 0 Å². The number of aryl methyl sites for hydroxylation is 1. The minimum atomic E-state index is -0.193. The van der Waals surface area contributed by atoms with Gasteiger partial charge in [0.15, 0.2) is 0 Å². The third kappa shape index (κ3) is 4.49. The van der Waals surface area contributed by atoms with Crippen LogP contribution in [0.15, 0.2) is 67.1 Å². The van der Waals surface area contributed by atoms with Gasteiger partial charge < -0.3 is 14.8 Å². The van der Waals surface area contributed by atoms with Crippen molar-refractivity contribution in [3.63, 3.8) is 0 Å². The highest BCUT2D eigenvalue weighted by Gasteiger charge is 2.12. The van der Waals surface area contributed by atoms with Crippen molar-refractivity contribution in [2.75, 3.05) is 5.32 Å². The summed E-state index contributed by atoms with van der Waals surface area (Å²) >= 11 is 0. The van der Waals surface area contributed by atoms with Gasteiger partial charge in [-0.15, -0.1) is 0 Å². The van der Waals surface area contributed by atoms with Crippen LogP contribution >= 0.6 is 0 Å². The third-order valence-electron chi connectivity index (χ3n) is 4.49. The Morgan fingerprint density at radius 3 is 2.67 bits per heavy atom. The van der Waals surface area contributed by atoms with Crippen molar-refractivity contribution in [2.24, 2.45) is 0 Å². The molecule has 6 heteroatoms. The molecule has 0 aliphatic rings. The lowest BCUT2D eigenvalue weighted by Gasteiger charge is -2.15. The smallest absolute Gasteiger partial charge is 0.145 e. The molecular weight excluding hydrogens is 376 g/mol. The summed E-state index contributed by atoms with van der Waals surface area (Å²) in [5, 5.41) is 4.21. The lowest BCUT2D eigenvalue weighted by Crippen LogP contribution is -2.07. The van der Waals surface area contributed by atoms with Crippen LogP contribution < -0.4 is 14.8 Å². The summed E-state index contributed by atoms with van der Waals surface area (Å²) in [5.41, 5.74) is 3.60. The maximum atomic E-state index is 5.92. The van der Waals surface area contributed by atoms with Crippen LogP contribution in [0.3, 0.4) is 0 Å². The van der Waals surface area contributed by atoms with E-state index in [0.29, 0.717) is 18.2 Å². The summed E-state index contributed by atoms with van der Waals surface area (Å²) in [6.45, 7) is 8.24. The molecule has 6 nitrogen and oxygen atoms in total. The number of fused-ring (bicyclic) bond motifs is 1. The molecule has 0 saturated carbocycles. The number of hydrogen-bond donors (Lipinski definition) is 1. The van der Waals surface area contributed by atoms with Crippen LogP contribution in [0.2, 0.25) is 0 Å². The van der Waals surface area contributed by atoms with Gasteiger partial charge in [0.05, 0.1) is 22.7 Å². The van der Waals surface area contributed by atoms with Crippen molar-refractivity contribution in [1.82, 2.24) is 15.0 Å². The van der Waals surface area contributed by atoms with Gasteiger partial charge in [0.2, 0.25) is 0 Å². The minimum absolute atomic E-state index is 0.193. The minimum Gasteiger partial charge on any atom is -0.490 e. The highest BCUT2D eigenvalue weighted by Crippen LogP contribution is 2.33. The molecular formula is C24H23N4O2. The predicted molar refractivity (Wildman–Crippen MR) is 118 cm³/mol. The molecule has 0 aliphatic carbocycles. The zero-order valence-corrected chi connectivity index (χ0v) is 17.0. The maximum Gasteiger partial charge on any atom is 0.145 e. The summed E-state index contributed by atoms with van der Waals surface area (Å²) in [5.74, 6) is 2.19. The Morgan fingerprint density at radius 2 is 1.90 bits per heavy atom. The summed E-state index contributed by atoms with van der Waals surface area (Å²) in [7, 11) is 0. The highest BCUT2D eigenvalue weighted by molar-refractivity contribution is 5.95. The van der Waals surface area contributed by atoms with Gasteiger partial charge in [0, 0.05) is 11.9 Å². The second kappa shape index (κ2) is 8.78.